The highest BCUT2D eigenvalue weighted by molar-refractivity contribution is 5.92. The normalized spacial score (nSPS) is 23.6. The van der Waals surface area contributed by atoms with Crippen molar-refractivity contribution in [3.63, 3.8) is 0 Å². The molecule has 4 rings (SSSR count). The van der Waals surface area contributed by atoms with Crippen molar-refractivity contribution in [3.05, 3.63) is 58.8 Å². The summed E-state index contributed by atoms with van der Waals surface area (Å²) < 4.78 is 30.6. The molecule has 0 aliphatic carbocycles. The summed E-state index contributed by atoms with van der Waals surface area (Å²) >= 11 is 0. The number of hydrogen-bond acceptors (Lipinski definition) is 6. The van der Waals surface area contributed by atoms with E-state index in [1.807, 2.05) is 17.0 Å². The van der Waals surface area contributed by atoms with Gasteiger partial charge < -0.3 is 24.2 Å². The number of hydrogen-bond donors (Lipinski definition) is 1. The van der Waals surface area contributed by atoms with Crippen molar-refractivity contribution in [2.45, 2.75) is 25.7 Å². The Kier molecular flexibility index (Phi) is 5.84. The van der Waals surface area contributed by atoms with Gasteiger partial charge in [0.1, 0.15) is 23.7 Å². The van der Waals surface area contributed by atoms with E-state index in [0.29, 0.717) is 44.4 Å². The lowest BCUT2D eigenvalue weighted by Gasteiger charge is -2.45. The highest BCUT2D eigenvalue weighted by Gasteiger charge is 2.38. The first-order chi connectivity index (χ1) is 14.0. The standard InChI is InChI=1S/C21H25FN2O5/c1-14-9-18(23-5-7-27-8-6-23)24(11-15-3-2-4-16(22)10-15)20(19(14)21(25)26)29-17-12-28-13-17/h2-4,9-10,17-18H,5-8,11-13H2,1H3,(H,25,26). The number of benzene rings is 1. The Morgan fingerprint density at radius 3 is 2.66 bits per heavy atom. The summed E-state index contributed by atoms with van der Waals surface area (Å²) in [4.78, 5) is 16.2. The van der Waals surface area contributed by atoms with Crippen LogP contribution in [0.15, 0.2) is 47.4 Å². The molecule has 156 valence electrons. The van der Waals surface area contributed by atoms with Gasteiger partial charge in [0, 0.05) is 19.6 Å². The zero-order valence-electron chi connectivity index (χ0n) is 16.3. The van der Waals surface area contributed by atoms with Crippen molar-refractivity contribution >= 4 is 5.97 Å². The van der Waals surface area contributed by atoms with Gasteiger partial charge in [0.15, 0.2) is 0 Å². The average molecular weight is 404 g/mol. The second-order valence-corrected chi connectivity index (χ2v) is 7.43. The molecule has 0 aromatic heterocycles. The van der Waals surface area contributed by atoms with Crippen LogP contribution in [0.1, 0.15) is 12.5 Å². The van der Waals surface area contributed by atoms with Crippen LogP contribution >= 0.6 is 0 Å². The summed E-state index contributed by atoms with van der Waals surface area (Å²) in [6.45, 7) is 5.62. The molecule has 3 aliphatic heterocycles. The van der Waals surface area contributed by atoms with Crippen LogP contribution in [-0.4, -0.2) is 72.7 Å². The number of morpholine rings is 1. The lowest BCUT2D eigenvalue weighted by atomic mass is 10.0. The number of carbonyl (C=O) groups is 1. The van der Waals surface area contributed by atoms with Gasteiger partial charge in [0.2, 0.25) is 5.88 Å². The molecule has 0 amide bonds. The summed E-state index contributed by atoms with van der Waals surface area (Å²) in [5.41, 5.74) is 1.53. The van der Waals surface area contributed by atoms with Gasteiger partial charge in [0.05, 0.1) is 26.4 Å². The van der Waals surface area contributed by atoms with Gasteiger partial charge in [-0.15, -0.1) is 0 Å². The summed E-state index contributed by atoms with van der Waals surface area (Å²) in [5, 5.41) is 9.88. The molecular formula is C21H25FN2O5. The van der Waals surface area contributed by atoms with Crippen molar-refractivity contribution in [3.8, 4) is 0 Å². The Hall–Kier alpha value is -2.42. The minimum Gasteiger partial charge on any atom is -0.477 e. The minimum absolute atomic E-state index is 0.137. The van der Waals surface area contributed by atoms with Crippen molar-refractivity contribution < 1.29 is 28.5 Å². The summed E-state index contributed by atoms with van der Waals surface area (Å²) in [5.74, 6) is -1.06. The van der Waals surface area contributed by atoms with Crippen molar-refractivity contribution in [2.24, 2.45) is 0 Å². The average Bonchev–Trinajstić information content (AvgIpc) is 2.66. The molecule has 7 nitrogen and oxygen atoms in total. The summed E-state index contributed by atoms with van der Waals surface area (Å²) in [6.07, 6.45) is 1.55. The molecule has 2 fully saturated rings. The number of carboxylic acid groups (broad SMARTS) is 1. The van der Waals surface area contributed by atoms with Gasteiger partial charge in [-0.1, -0.05) is 12.1 Å². The van der Waals surface area contributed by atoms with E-state index in [9.17, 15) is 14.3 Å². The molecule has 1 N–H and O–H groups in total. The number of carboxylic acids is 1. The van der Waals surface area contributed by atoms with Gasteiger partial charge >= 0.3 is 5.97 Å². The van der Waals surface area contributed by atoms with Crippen LogP contribution in [0.2, 0.25) is 0 Å². The third kappa shape index (κ3) is 4.29. The Morgan fingerprint density at radius 1 is 1.28 bits per heavy atom. The number of nitrogens with zero attached hydrogens (tertiary/aromatic N) is 2. The van der Waals surface area contributed by atoms with Gasteiger partial charge in [-0.05, 0) is 36.3 Å². The van der Waals surface area contributed by atoms with Crippen molar-refractivity contribution in [1.29, 1.82) is 0 Å². The fourth-order valence-electron chi connectivity index (χ4n) is 3.80. The number of aliphatic carboxylic acids is 1. The molecule has 3 aliphatic rings. The van der Waals surface area contributed by atoms with E-state index in [4.69, 9.17) is 14.2 Å². The zero-order valence-corrected chi connectivity index (χ0v) is 16.3. The molecule has 0 bridgehead atoms. The fourth-order valence-corrected chi connectivity index (χ4v) is 3.80. The van der Waals surface area contributed by atoms with Gasteiger partial charge in [-0.25, -0.2) is 9.18 Å². The van der Waals surface area contributed by atoms with E-state index in [2.05, 4.69) is 4.90 Å². The molecule has 1 aromatic rings. The molecule has 1 atom stereocenters. The largest absolute Gasteiger partial charge is 0.477 e. The van der Waals surface area contributed by atoms with Crippen LogP contribution in [-0.2, 0) is 25.5 Å². The van der Waals surface area contributed by atoms with Crippen LogP contribution in [0.25, 0.3) is 0 Å². The Balaban J connectivity index is 1.73. The smallest absolute Gasteiger partial charge is 0.341 e. The van der Waals surface area contributed by atoms with Crippen LogP contribution in [0.3, 0.4) is 0 Å². The molecule has 3 heterocycles. The minimum atomic E-state index is -1.04. The first kappa shape index (κ1) is 19.9. The molecule has 29 heavy (non-hydrogen) atoms. The quantitative estimate of drug-likeness (QED) is 0.777. The first-order valence-corrected chi connectivity index (χ1v) is 9.76. The molecule has 1 unspecified atom stereocenters. The molecule has 2 saturated heterocycles. The highest BCUT2D eigenvalue weighted by atomic mass is 19.1. The first-order valence-electron chi connectivity index (χ1n) is 9.76. The highest BCUT2D eigenvalue weighted by Crippen LogP contribution is 2.33. The Labute approximate surface area is 168 Å². The third-order valence-electron chi connectivity index (χ3n) is 5.35. The van der Waals surface area contributed by atoms with E-state index < -0.39 is 5.97 Å². The molecule has 0 saturated carbocycles. The number of ether oxygens (including phenoxy) is 3. The maximum absolute atomic E-state index is 13.8. The van der Waals surface area contributed by atoms with Gasteiger partial charge in [-0.3, -0.25) is 4.90 Å². The second-order valence-electron chi connectivity index (χ2n) is 7.43. The van der Waals surface area contributed by atoms with Crippen LogP contribution in [0, 0.1) is 5.82 Å². The summed E-state index contributed by atoms with van der Waals surface area (Å²) in [6, 6.07) is 6.34. The van der Waals surface area contributed by atoms with Crippen LogP contribution in [0.4, 0.5) is 4.39 Å². The van der Waals surface area contributed by atoms with E-state index in [1.54, 1.807) is 13.0 Å². The lowest BCUT2D eigenvalue weighted by Crippen LogP contribution is -2.53. The predicted octanol–water partition coefficient (Wildman–Crippen LogP) is 1.96. The van der Waals surface area contributed by atoms with Crippen LogP contribution in [0.5, 0.6) is 0 Å². The zero-order chi connectivity index (χ0) is 20.4. The Morgan fingerprint density at radius 2 is 2.03 bits per heavy atom. The van der Waals surface area contributed by atoms with Crippen LogP contribution < -0.4 is 0 Å². The molecule has 0 radical (unpaired) electrons. The van der Waals surface area contributed by atoms with E-state index >= 15 is 0 Å². The molecule has 1 aromatic carbocycles. The van der Waals surface area contributed by atoms with Gasteiger partial charge in [0.25, 0.3) is 0 Å². The summed E-state index contributed by atoms with van der Waals surface area (Å²) in [7, 11) is 0. The topological polar surface area (TPSA) is 71.5 Å². The van der Waals surface area contributed by atoms with E-state index in [-0.39, 0.29) is 23.7 Å². The van der Waals surface area contributed by atoms with Crippen molar-refractivity contribution in [2.75, 3.05) is 39.5 Å². The SMILES string of the molecule is CC1=CC(N2CCOCC2)N(Cc2cccc(F)c2)C(OC2COC2)=C1C(=O)O. The lowest BCUT2D eigenvalue weighted by molar-refractivity contribution is -0.140. The van der Waals surface area contributed by atoms with E-state index in [0.717, 1.165) is 18.7 Å². The Bertz CT molecular complexity index is 830. The number of rotatable bonds is 6. The maximum atomic E-state index is 13.8. The monoisotopic (exact) mass is 404 g/mol. The second kappa shape index (κ2) is 8.52. The molecular weight excluding hydrogens is 379 g/mol. The van der Waals surface area contributed by atoms with Gasteiger partial charge in [-0.2, -0.15) is 0 Å². The third-order valence-corrected chi connectivity index (χ3v) is 5.35. The fraction of sp³-hybridized carbons (Fsp3) is 0.476. The maximum Gasteiger partial charge on any atom is 0.341 e. The number of halogens is 1. The molecule has 8 heteroatoms. The van der Waals surface area contributed by atoms with E-state index in [1.165, 1.54) is 12.1 Å². The predicted molar refractivity (Wildman–Crippen MR) is 102 cm³/mol. The van der Waals surface area contributed by atoms with Crippen molar-refractivity contribution in [1.82, 2.24) is 9.80 Å². The molecule has 0 spiro atoms.